The minimum atomic E-state index is -0.865. The molecule has 0 radical (unpaired) electrons. The Morgan fingerprint density at radius 2 is 2.00 bits per heavy atom. The third-order valence-electron chi connectivity index (χ3n) is 1.66. The zero-order chi connectivity index (χ0) is 8.97. The fraction of sp³-hybridized carbons (Fsp3) is 0.100. The Balaban J connectivity index is 0. The molecule has 0 fully saturated rings. The van der Waals surface area contributed by atoms with E-state index in [1.807, 2.05) is 18.2 Å². The topological polar surface area (TPSA) is 37.3 Å². The van der Waals surface area contributed by atoms with Gasteiger partial charge in [-0.05, 0) is 5.56 Å². The van der Waals surface area contributed by atoms with Crippen molar-refractivity contribution in [3.63, 3.8) is 0 Å². The first kappa shape index (κ1) is 12.0. The Kier molecular flexibility index (Phi) is 5.21. The van der Waals surface area contributed by atoms with E-state index in [9.17, 15) is 4.79 Å². The van der Waals surface area contributed by atoms with Crippen molar-refractivity contribution in [3.05, 3.63) is 48.6 Å². The number of carboxylic acids is 1. The van der Waals surface area contributed by atoms with Crippen LogP contribution in [-0.2, 0) is 4.79 Å². The van der Waals surface area contributed by atoms with Gasteiger partial charge in [-0.3, -0.25) is 4.79 Å². The second-order valence-corrected chi connectivity index (χ2v) is 2.46. The SMILES string of the molecule is C=CC(C(=O)O)c1ccccc1.[H-].[Li+]. The summed E-state index contributed by atoms with van der Waals surface area (Å²) < 4.78 is 0. The van der Waals surface area contributed by atoms with E-state index in [2.05, 4.69) is 6.58 Å². The first-order valence-electron chi connectivity index (χ1n) is 3.66. The summed E-state index contributed by atoms with van der Waals surface area (Å²) in [4.78, 5) is 10.7. The van der Waals surface area contributed by atoms with Crippen molar-refractivity contribution in [3.8, 4) is 0 Å². The van der Waals surface area contributed by atoms with Crippen LogP contribution in [0.25, 0.3) is 0 Å². The van der Waals surface area contributed by atoms with Gasteiger partial charge in [0.1, 0.15) is 0 Å². The van der Waals surface area contributed by atoms with E-state index in [1.54, 1.807) is 12.1 Å². The molecule has 1 unspecified atom stereocenters. The fourth-order valence-corrected chi connectivity index (χ4v) is 1.04. The first-order chi connectivity index (χ1) is 5.75. The Hall–Kier alpha value is -0.973. The van der Waals surface area contributed by atoms with Gasteiger partial charge in [0.2, 0.25) is 0 Å². The molecular formula is C10H11LiO2. The predicted molar refractivity (Wildman–Crippen MR) is 48.1 cm³/mol. The molecule has 64 valence electrons. The summed E-state index contributed by atoms with van der Waals surface area (Å²) >= 11 is 0. The van der Waals surface area contributed by atoms with Gasteiger partial charge in [-0.25, -0.2) is 0 Å². The van der Waals surface area contributed by atoms with Gasteiger partial charge in [-0.15, -0.1) is 6.58 Å². The molecule has 0 bridgehead atoms. The second-order valence-electron chi connectivity index (χ2n) is 2.46. The monoisotopic (exact) mass is 170 g/mol. The van der Waals surface area contributed by atoms with Gasteiger partial charge in [0.05, 0.1) is 5.92 Å². The molecule has 0 aliphatic heterocycles. The summed E-state index contributed by atoms with van der Waals surface area (Å²) in [6.07, 6.45) is 1.43. The molecule has 0 spiro atoms. The molecule has 0 aliphatic rings. The molecule has 3 heteroatoms. The van der Waals surface area contributed by atoms with Gasteiger partial charge in [0, 0.05) is 0 Å². The van der Waals surface area contributed by atoms with Crippen molar-refractivity contribution in [1.82, 2.24) is 0 Å². The number of hydrogen-bond donors (Lipinski definition) is 1. The van der Waals surface area contributed by atoms with Gasteiger partial charge >= 0.3 is 24.8 Å². The summed E-state index contributed by atoms with van der Waals surface area (Å²) in [5.74, 6) is -1.46. The van der Waals surface area contributed by atoms with E-state index >= 15 is 0 Å². The van der Waals surface area contributed by atoms with Crippen molar-refractivity contribution in [2.75, 3.05) is 0 Å². The van der Waals surface area contributed by atoms with Crippen LogP contribution in [0.5, 0.6) is 0 Å². The van der Waals surface area contributed by atoms with Gasteiger partial charge < -0.3 is 6.53 Å². The summed E-state index contributed by atoms with van der Waals surface area (Å²) in [5, 5.41) is 8.76. The summed E-state index contributed by atoms with van der Waals surface area (Å²) in [7, 11) is 0. The summed E-state index contributed by atoms with van der Waals surface area (Å²) in [6.45, 7) is 3.48. The van der Waals surface area contributed by atoms with E-state index in [0.29, 0.717) is 0 Å². The molecule has 1 rings (SSSR count). The van der Waals surface area contributed by atoms with Gasteiger partial charge in [0.25, 0.3) is 0 Å². The van der Waals surface area contributed by atoms with Crippen LogP contribution in [-0.4, -0.2) is 11.1 Å². The molecule has 0 aliphatic carbocycles. The number of carbonyl (C=O) groups is 1. The maximum atomic E-state index is 10.7. The molecule has 13 heavy (non-hydrogen) atoms. The third-order valence-corrected chi connectivity index (χ3v) is 1.66. The first-order valence-corrected chi connectivity index (χ1v) is 3.66. The third kappa shape index (κ3) is 3.10. The zero-order valence-corrected chi connectivity index (χ0v) is 7.60. The predicted octanol–water partition coefficient (Wildman–Crippen LogP) is -0.843. The van der Waals surface area contributed by atoms with Crippen LogP contribution in [0.15, 0.2) is 43.0 Å². The number of aliphatic carboxylic acids is 1. The second kappa shape index (κ2) is 5.64. The van der Waals surface area contributed by atoms with E-state index in [0.717, 1.165) is 5.56 Å². The molecule has 1 aromatic rings. The average Bonchev–Trinajstić information content (AvgIpc) is 2.07. The van der Waals surface area contributed by atoms with E-state index in [1.165, 1.54) is 6.08 Å². The molecule has 1 atom stereocenters. The van der Waals surface area contributed by atoms with Crippen LogP contribution in [0, 0.1) is 0 Å². The maximum Gasteiger partial charge on any atom is 1.00 e. The summed E-state index contributed by atoms with van der Waals surface area (Å²) in [6, 6.07) is 9.04. The maximum absolute atomic E-state index is 10.7. The number of carboxylic acid groups (broad SMARTS) is 1. The smallest absolute Gasteiger partial charge is 1.00 e. The Morgan fingerprint density at radius 3 is 2.38 bits per heavy atom. The van der Waals surface area contributed by atoms with Gasteiger partial charge in [-0.2, -0.15) is 0 Å². The standard InChI is InChI=1S/C10H10O2.Li.H/c1-2-9(10(11)12)8-6-4-3-5-7-8;;/h2-7,9H,1H2,(H,11,12);;/q;+1;-1. The van der Waals surface area contributed by atoms with Crippen molar-refractivity contribution >= 4 is 5.97 Å². The molecule has 2 nitrogen and oxygen atoms in total. The molecule has 0 heterocycles. The van der Waals surface area contributed by atoms with Crippen LogP contribution in [0.3, 0.4) is 0 Å². The Labute approximate surface area is 90.9 Å². The molecule has 0 saturated heterocycles. The van der Waals surface area contributed by atoms with Crippen molar-refractivity contribution in [2.24, 2.45) is 0 Å². The van der Waals surface area contributed by atoms with Crippen molar-refractivity contribution in [2.45, 2.75) is 5.92 Å². The number of benzene rings is 1. The van der Waals surface area contributed by atoms with E-state index in [4.69, 9.17) is 5.11 Å². The molecule has 0 amide bonds. The number of rotatable bonds is 3. The largest absolute Gasteiger partial charge is 1.00 e. The van der Waals surface area contributed by atoms with Crippen LogP contribution >= 0.6 is 0 Å². The van der Waals surface area contributed by atoms with Crippen LogP contribution < -0.4 is 18.9 Å². The van der Waals surface area contributed by atoms with Crippen LogP contribution in [0.1, 0.15) is 12.9 Å². The molecule has 1 N–H and O–H groups in total. The molecule has 1 aromatic carbocycles. The van der Waals surface area contributed by atoms with Gasteiger partial charge in [0.15, 0.2) is 0 Å². The molecule has 0 saturated carbocycles. The zero-order valence-electron chi connectivity index (χ0n) is 8.60. The molecule has 0 aromatic heterocycles. The normalized spacial score (nSPS) is 11.1. The van der Waals surface area contributed by atoms with Crippen molar-refractivity contribution in [1.29, 1.82) is 0 Å². The fourth-order valence-electron chi connectivity index (χ4n) is 1.04. The molecular weight excluding hydrogens is 159 g/mol. The van der Waals surface area contributed by atoms with Gasteiger partial charge in [-0.1, -0.05) is 36.4 Å². The average molecular weight is 170 g/mol. The van der Waals surface area contributed by atoms with Crippen LogP contribution in [0.2, 0.25) is 0 Å². The van der Waals surface area contributed by atoms with Crippen LogP contribution in [0.4, 0.5) is 0 Å². The quantitative estimate of drug-likeness (QED) is 0.474. The van der Waals surface area contributed by atoms with Crippen molar-refractivity contribution < 1.29 is 30.2 Å². The minimum Gasteiger partial charge on any atom is -1.00 e. The number of hydrogen-bond acceptors (Lipinski definition) is 1. The minimum absolute atomic E-state index is 0. The Morgan fingerprint density at radius 1 is 1.46 bits per heavy atom. The Bertz CT molecular complexity index is 287. The van der Waals surface area contributed by atoms with E-state index < -0.39 is 11.9 Å². The summed E-state index contributed by atoms with van der Waals surface area (Å²) in [5.41, 5.74) is 0.764. The van der Waals surface area contributed by atoms with E-state index in [-0.39, 0.29) is 20.3 Å².